The molecule has 1 N–H and O–H groups in total. The summed E-state index contributed by atoms with van der Waals surface area (Å²) in [7, 11) is 1.66. The fraction of sp³-hybridized carbons (Fsp3) is 0.462. The number of amides is 1. The molecule has 0 saturated carbocycles. The molecule has 0 aliphatic carbocycles. The van der Waals surface area contributed by atoms with Crippen LogP contribution in [0, 0.1) is 0 Å². The summed E-state index contributed by atoms with van der Waals surface area (Å²) >= 11 is 0. The highest BCUT2D eigenvalue weighted by Crippen LogP contribution is 2.14. The second-order valence-corrected chi connectivity index (χ2v) is 4.79. The fourth-order valence-corrected chi connectivity index (χ4v) is 2.26. The Kier molecular flexibility index (Phi) is 4.11. The maximum atomic E-state index is 11.9. The van der Waals surface area contributed by atoms with E-state index >= 15 is 0 Å². The van der Waals surface area contributed by atoms with Crippen molar-refractivity contribution in [2.75, 3.05) is 20.1 Å². The molecular weight excluding hydrogens is 246 g/mol. The van der Waals surface area contributed by atoms with Crippen molar-refractivity contribution in [3.63, 3.8) is 0 Å². The van der Waals surface area contributed by atoms with Crippen molar-refractivity contribution in [3.05, 3.63) is 30.1 Å². The molecule has 19 heavy (non-hydrogen) atoms. The first-order valence-corrected chi connectivity index (χ1v) is 6.15. The number of carbonyl (C=O) groups is 2. The van der Waals surface area contributed by atoms with Crippen molar-refractivity contribution >= 4 is 11.9 Å². The van der Waals surface area contributed by atoms with E-state index in [0.29, 0.717) is 19.6 Å². The molecule has 6 nitrogen and oxygen atoms in total. The first kappa shape index (κ1) is 13.5. The molecular formula is C13H17N3O3. The lowest BCUT2D eigenvalue weighted by Crippen LogP contribution is -2.54. The molecule has 2 rings (SSSR count). The van der Waals surface area contributed by atoms with E-state index in [1.165, 1.54) is 4.90 Å². The topological polar surface area (TPSA) is 73.7 Å². The van der Waals surface area contributed by atoms with Gasteiger partial charge in [-0.3, -0.25) is 19.5 Å². The third-order valence-corrected chi connectivity index (χ3v) is 3.31. The van der Waals surface area contributed by atoms with E-state index in [-0.39, 0.29) is 18.4 Å². The van der Waals surface area contributed by atoms with E-state index in [1.54, 1.807) is 19.4 Å². The molecule has 0 spiro atoms. The Labute approximate surface area is 111 Å². The summed E-state index contributed by atoms with van der Waals surface area (Å²) < 4.78 is 0. The highest BCUT2D eigenvalue weighted by atomic mass is 16.4. The Hall–Kier alpha value is -1.95. The molecule has 1 aromatic rings. The largest absolute Gasteiger partial charge is 0.481 e. The number of rotatable bonds is 4. The quantitative estimate of drug-likeness (QED) is 0.840. The lowest BCUT2D eigenvalue weighted by molar-refractivity contribution is -0.144. The fourth-order valence-electron chi connectivity index (χ4n) is 2.26. The van der Waals surface area contributed by atoms with E-state index < -0.39 is 5.97 Å². The molecule has 6 heteroatoms. The maximum Gasteiger partial charge on any atom is 0.305 e. The van der Waals surface area contributed by atoms with Crippen LogP contribution in [0.2, 0.25) is 0 Å². The van der Waals surface area contributed by atoms with Crippen molar-refractivity contribution < 1.29 is 14.7 Å². The number of piperazine rings is 1. The molecule has 1 unspecified atom stereocenters. The molecule has 2 heterocycles. The Morgan fingerprint density at radius 3 is 3.00 bits per heavy atom. The van der Waals surface area contributed by atoms with Gasteiger partial charge in [-0.05, 0) is 11.6 Å². The van der Waals surface area contributed by atoms with Gasteiger partial charge in [0.15, 0.2) is 0 Å². The van der Waals surface area contributed by atoms with Crippen LogP contribution in [-0.2, 0) is 16.1 Å². The molecule has 0 aromatic carbocycles. The van der Waals surface area contributed by atoms with Gasteiger partial charge in [0.05, 0.1) is 19.0 Å². The molecule has 1 aliphatic rings. The lowest BCUT2D eigenvalue weighted by Gasteiger charge is -2.38. The van der Waals surface area contributed by atoms with Crippen LogP contribution in [0.4, 0.5) is 0 Å². The van der Waals surface area contributed by atoms with Crippen LogP contribution in [0.25, 0.3) is 0 Å². The predicted molar refractivity (Wildman–Crippen MR) is 68.3 cm³/mol. The summed E-state index contributed by atoms with van der Waals surface area (Å²) in [6.45, 7) is 1.51. The van der Waals surface area contributed by atoms with Gasteiger partial charge in [0.25, 0.3) is 0 Å². The maximum absolute atomic E-state index is 11.9. The van der Waals surface area contributed by atoms with E-state index in [0.717, 1.165) is 5.56 Å². The number of aromatic nitrogens is 1. The minimum atomic E-state index is -0.882. The summed E-state index contributed by atoms with van der Waals surface area (Å²) in [5.74, 6) is -0.922. The first-order chi connectivity index (χ1) is 9.06. The number of carbonyl (C=O) groups excluding carboxylic acids is 1. The highest BCUT2D eigenvalue weighted by Gasteiger charge is 2.31. The second-order valence-electron chi connectivity index (χ2n) is 4.79. The van der Waals surface area contributed by atoms with Gasteiger partial charge in [-0.25, -0.2) is 0 Å². The number of carboxylic acids is 1. The standard InChI is InChI=1S/C13H17N3O3/c1-15-11(5-13(18)19)8-16(9-12(15)17)7-10-3-2-4-14-6-10/h2-4,6,11H,5,7-9H2,1H3,(H,18,19). The normalized spacial score (nSPS) is 20.6. The highest BCUT2D eigenvalue weighted by molar-refractivity contribution is 5.80. The SMILES string of the molecule is CN1C(=O)CN(Cc2cccnc2)CC1CC(=O)O. The van der Waals surface area contributed by atoms with Crippen LogP contribution in [0.3, 0.4) is 0 Å². The van der Waals surface area contributed by atoms with Gasteiger partial charge < -0.3 is 10.0 Å². The summed E-state index contributed by atoms with van der Waals surface area (Å²) in [6.07, 6.45) is 3.44. The predicted octanol–water partition coefficient (Wildman–Crippen LogP) is 0.199. The molecule has 1 saturated heterocycles. The Morgan fingerprint density at radius 1 is 1.58 bits per heavy atom. The number of carboxylic acid groups (broad SMARTS) is 1. The third kappa shape index (κ3) is 3.51. The van der Waals surface area contributed by atoms with Crippen LogP contribution >= 0.6 is 0 Å². The summed E-state index contributed by atoms with van der Waals surface area (Å²) in [5, 5.41) is 8.88. The van der Waals surface area contributed by atoms with Gasteiger partial charge in [0.2, 0.25) is 5.91 Å². The number of pyridine rings is 1. The number of hydrogen-bond donors (Lipinski definition) is 1. The zero-order valence-electron chi connectivity index (χ0n) is 10.8. The minimum Gasteiger partial charge on any atom is -0.481 e. The number of aliphatic carboxylic acids is 1. The van der Waals surface area contributed by atoms with E-state index in [9.17, 15) is 9.59 Å². The van der Waals surface area contributed by atoms with E-state index in [1.807, 2.05) is 17.0 Å². The minimum absolute atomic E-state index is 0.0220. The monoisotopic (exact) mass is 263 g/mol. The summed E-state index contributed by atoms with van der Waals surface area (Å²) in [4.78, 5) is 30.2. The second kappa shape index (κ2) is 5.79. The molecule has 0 bridgehead atoms. The van der Waals surface area contributed by atoms with E-state index in [2.05, 4.69) is 4.98 Å². The lowest BCUT2D eigenvalue weighted by atomic mass is 10.1. The van der Waals surface area contributed by atoms with Gasteiger partial charge in [-0.2, -0.15) is 0 Å². The van der Waals surface area contributed by atoms with Gasteiger partial charge in [0.1, 0.15) is 0 Å². The van der Waals surface area contributed by atoms with Crippen molar-refractivity contribution in [2.45, 2.75) is 19.0 Å². The zero-order valence-corrected chi connectivity index (χ0v) is 10.8. The number of nitrogens with zero attached hydrogens (tertiary/aromatic N) is 3. The molecule has 102 valence electrons. The van der Waals surface area contributed by atoms with Crippen LogP contribution in [0.1, 0.15) is 12.0 Å². The molecule has 0 radical (unpaired) electrons. The Balaban J connectivity index is 2.02. The van der Waals surface area contributed by atoms with Crippen molar-refractivity contribution in [3.8, 4) is 0 Å². The van der Waals surface area contributed by atoms with Gasteiger partial charge in [-0.1, -0.05) is 6.07 Å². The van der Waals surface area contributed by atoms with Gasteiger partial charge in [0, 0.05) is 32.5 Å². The van der Waals surface area contributed by atoms with Crippen LogP contribution in [0.5, 0.6) is 0 Å². The summed E-state index contributed by atoms with van der Waals surface area (Å²) in [6, 6.07) is 3.53. The third-order valence-electron chi connectivity index (χ3n) is 3.31. The Morgan fingerprint density at radius 2 is 2.37 bits per heavy atom. The van der Waals surface area contributed by atoms with Crippen molar-refractivity contribution in [1.29, 1.82) is 0 Å². The van der Waals surface area contributed by atoms with Gasteiger partial charge in [-0.15, -0.1) is 0 Å². The molecule has 1 aromatic heterocycles. The number of likely N-dealkylation sites (N-methyl/N-ethyl adjacent to an activating group) is 1. The summed E-state index contributed by atoms with van der Waals surface area (Å²) in [5.41, 5.74) is 1.02. The smallest absolute Gasteiger partial charge is 0.305 e. The average Bonchev–Trinajstić information content (AvgIpc) is 2.36. The van der Waals surface area contributed by atoms with E-state index in [4.69, 9.17) is 5.11 Å². The molecule has 1 fully saturated rings. The first-order valence-electron chi connectivity index (χ1n) is 6.15. The van der Waals surface area contributed by atoms with Gasteiger partial charge >= 0.3 is 5.97 Å². The molecule has 1 atom stereocenters. The van der Waals surface area contributed by atoms with Crippen molar-refractivity contribution in [2.24, 2.45) is 0 Å². The van der Waals surface area contributed by atoms with Crippen LogP contribution in [-0.4, -0.2) is 57.9 Å². The average molecular weight is 263 g/mol. The van der Waals surface area contributed by atoms with Crippen LogP contribution in [0.15, 0.2) is 24.5 Å². The van der Waals surface area contributed by atoms with Crippen molar-refractivity contribution in [1.82, 2.24) is 14.8 Å². The Bertz CT molecular complexity index is 463. The zero-order chi connectivity index (χ0) is 13.8. The molecule has 1 aliphatic heterocycles. The van der Waals surface area contributed by atoms with Crippen LogP contribution < -0.4 is 0 Å². The molecule has 1 amide bonds. The number of hydrogen-bond acceptors (Lipinski definition) is 4.